The number of hydrogen-bond acceptors (Lipinski definition) is 3. The highest BCUT2D eigenvalue weighted by Gasteiger charge is 2.10. The summed E-state index contributed by atoms with van der Waals surface area (Å²) in [5.41, 5.74) is 2.94. The molecule has 19 heavy (non-hydrogen) atoms. The van der Waals surface area contributed by atoms with E-state index in [1.54, 1.807) is 23.0 Å². The number of rotatable bonds is 4. The summed E-state index contributed by atoms with van der Waals surface area (Å²) in [7, 11) is 1.88. The highest BCUT2D eigenvalue weighted by Crippen LogP contribution is 2.21. The number of nitrogens with zero attached hydrogens (tertiary/aromatic N) is 2. The second-order valence-electron chi connectivity index (χ2n) is 4.23. The fraction of sp³-hybridized carbons (Fsp3) is 0.231. The number of halogens is 1. The topological polar surface area (TPSA) is 67.2 Å². The molecule has 1 aromatic carbocycles. The molecule has 0 aliphatic rings. The molecule has 100 valence electrons. The molecule has 5 nitrogen and oxygen atoms in total. The molecule has 0 unspecified atom stereocenters. The average Bonchev–Trinajstić information content (AvgIpc) is 2.69. The Morgan fingerprint density at radius 1 is 1.53 bits per heavy atom. The Morgan fingerprint density at radius 2 is 2.26 bits per heavy atom. The van der Waals surface area contributed by atoms with Crippen molar-refractivity contribution >= 4 is 23.3 Å². The van der Waals surface area contributed by atoms with Gasteiger partial charge in [0.2, 0.25) is 0 Å². The highest BCUT2D eigenvalue weighted by molar-refractivity contribution is 6.33. The Labute approximate surface area is 115 Å². The van der Waals surface area contributed by atoms with E-state index in [4.69, 9.17) is 16.7 Å². The molecule has 0 atom stereocenters. The molecule has 6 heteroatoms. The van der Waals surface area contributed by atoms with Crippen molar-refractivity contribution in [1.29, 1.82) is 0 Å². The van der Waals surface area contributed by atoms with Crippen molar-refractivity contribution in [3.05, 3.63) is 46.2 Å². The molecule has 2 aromatic rings. The molecule has 1 heterocycles. The quantitative estimate of drug-likeness (QED) is 0.903. The van der Waals surface area contributed by atoms with E-state index in [1.807, 2.05) is 14.0 Å². The Balaban J connectivity index is 2.14. The Kier molecular flexibility index (Phi) is 3.76. The number of aromatic carboxylic acids is 1. The summed E-state index contributed by atoms with van der Waals surface area (Å²) in [5, 5.41) is 16.5. The minimum atomic E-state index is -1.04. The van der Waals surface area contributed by atoms with Crippen molar-refractivity contribution < 1.29 is 9.90 Å². The summed E-state index contributed by atoms with van der Waals surface area (Å²) in [6, 6.07) is 4.85. The van der Waals surface area contributed by atoms with E-state index in [0.717, 1.165) is 11.3 Å². The summed E-state index contributed by atoms with van der Waals surface area (Å²) >= 11 is 5.81. The van der Waals surface area contributed by atoms with Crippen LogP contribution in [0.4, 0.5) is 5.69 Å². The first-order chi connectivity index (χ1) is 8.99. The van der Waals surface area contributed by atoms with Crippen molar-refractivity contribution in [3.8, 4) is 0 Å². The summed E-state index contributed by atoms with van der Waals surface area (Å²) in [4.78, 5) is 11.0. The average molecular weight is 280 g/mol. The smallest absolute Gasteiger partial charge is 0.337 e. The van der Waals surface area contributed by atoms with Gasteiger partial charge in [0, 0.05) is 30.5 Å². The van der Waals surface area contributed by atoms with E-state index >= 15 is 0 Å². The molecule has 0 bridgehead atoms. The molecule has 0 radical (unpaired) electrons. The number of carboxylic acid groups (broad SMARTS) is 1. The van der Waals surface area contributed by atoms with Crippen LogP contribution in [-0.2, 0) is 13.6 Å². The number of carbonyl (C=O) groups is 1. The van der Waals surface area contributed by atoms with Crippen molar-refractivity contribution in [2.75, 3.05) is 5.32 Å². The number of aromatic nitrogens is 2. The maximum absolute atomic E-state index is 11.0. The van der Waals surface area contributed by atoms with E-state index in [0.29, 0.717) is 12.2 Å². The van der Waals surface area contributed by atoms with Crippen molar-refractivity contribution in [3.63, 3.8) is 0 Å². The predicted octanol–water partition coefficient (Wildman–Crippen LogP) is 2.69. The number of carboxylic acids is 1. The first-order valence-corrected chi connectivity index (χ1v) is 6.11. The van der Waals surface area contributed by atoms with Gasteiger partial charge in [-0.15, -0.1) is 0 Å². The van der Waals surface area contributed by atoms with Gasteiger partial charge in [0.15, 0.2) is 0 Å². The first kappa shape index (κ1) is 13.4. The maximum Gasteiger partial charge on any atom is 0.337 e. The number of nitrogens with one attached hydrogen (secondary N) is 1. The molecule has 2 rings (SSSR count). The van der Waals surface area contributed by atoms with Gasteiger partial charge in [0.1, 0.15) is 0 Å². The van der Waals surface area contributed by atoms with Crippen LogP contribution < -0.4 is 5.32 Å². The van der Waals surface area contributed by atoms with Gasteiger partial charge in [0.25, 0.3) is 0 Å². The molecule has 0 aliphatic carbocycles. The van der Waals surface area contributed by atoms with Crippen molar-refractivity contribution in [2.24, 2.45) is 7.05 Å². The third kappa shape index (κ3) is 2.88. The molecule has 2 N–H and O–H groups in total. The fourth-order valence-corrected chi connectivity index (χ4v) is 1.91. The van der Waals surface area contributed by atoms with Gasteiger partial charge in [-0.1, -0.05) is 11.6 Å². The van der Waals surface area contributed by atoms with Crippen LogP contribution in [-0.4, -0.2) is 20.9 Å². The largest absolute Gasteiger partial charge is 0.478 e. The lowest BCUT2D eigenvalue weighted by Crippen LogP contribution is -2.03. The van der Waals surface area contributed by atoms with Crippen LogP contribution in [0.3, 0.4) is 0 Å². The lowest BCUT2D eigenvalue weighted by Gasteiger charge is -2.08. The molecule has 0 saturated carbocycles. The number of benzene rings is 1. The van der Waals surface area contributed by atoms with E-state index in [1.165, 1.54) is 6.07 Å². The molecule has 0 spiro atoms. The van der Waals surface area contributed by atoms with Crippen LogP contribution >= 0.6 is 11.6 Å². The minimum Gasteiger partial charge on any atom is -0.478 e. The van der Waals surface area contributed by atoms with Gasteiger partial charge >= 0.3 is 5.97 Å². The SMILES string of the molecule is Cc1c(CNc2ccc(Cl)c(C(=O)O)c2)cnn1C. The second-order valence-corrected chi connectivity index (χ2v) is 4.64. The Bertz CT molecular complexity index is 622. The van der Waals surface area contributed by atoms with Crippen LogP contribution in [0.1, 0.15) is 21.6 Å². The zero-order valence-corrected chi connectivity index (χ0v) is 11.4. The van der Waals surface area contributed by atoms with Gasteiger partial charge in [-0.3, -0.25) is 4.68 Å². The van der Waals surface area contributed by atoms with Crippen LogP contribution in [0, 0.1) is 6.92 Å². The van der Waals surface area contributed by atoms with Crippen LogP contribution in [0.25, 0.3) is 0 Å². The third-order valence-electron chi connectivity index (χ3n) is 3.02. The predicted molar refractivity (Wildman–Crippen MR) is 73.7 cm³/mol. The first-order valence-electron chi connectivity index (χ1n) is 5.73. The zero-order valence-electron chi connectivity index (χ0n) is 10.6. The number of aryl methyl sites for hydroxylation is 1. The van der Waals surface area contributed by atoms with Crippen molar-refractivity contribution in [2.45, 2.75) is 13.5 Å². The Morgan fingerprint density at radius 3 is 2.84 bits per heavy atom. The van der Waals surface area contributed by atoms with E-state index < -0.39 is 5.97 Å². The van der Waals surface area contributed by atoms with E-state index in [9.17, 15) is 4.79 Å². The van der Waals surface area contributed by atoms with Crippen LogP contribution in [0.5, 0.6) is 0 Å². The maximum atomic E-state index is 11.0. The zero-order chi connectivity index (χ0) is 14.0. The molecule has 0 amide bonds. The van der Waals surface area contributed by atoms with Gasteiger partial charge in [-0.2, -0.15) is 5.10 Å². The lowest BCUT2D eigenvalue weighted by atomic mass is 10.2. The standard InChI is InChI=1S/C13H14ClN3O2/c1-8-9(7-16-17(8)2)6-15-10-3-4-12(14)11(5-10)13(18)19/h3-5,7,15H,6H2,1-2H3,(H,18,19). The summed E-state index contributed by atoms with van der Waals surface area (Å²) in [5.74, 6) is -1.04. The molecule has 0 saturated heterocycles. The summed E-state index contributed by atoms with van der Waals surface area (Å²) < 4.78 is 1.79. The minimum absolute atomic E-state index is 0.0922. The van der Waals surface area contributed by atoms with Gasteiger partial charge in [-0.25, -0.2) is 4.79 Å². The van der Waals surface area contributed by atoms with Crippen molar-refractivity contribution in [1.82, 2.24) is 9.78 Å². The highest BCUT2D eigenvalue weighted by atomic mass is 35.5. The normalized spacial score (nSPS) is 10.5. The molecular formula is C13H14ClN3O2. The Hall–Kier alpha value is -2.01. The van der Waals surface area contributed by atoms with Gasteiger partial charge in [-0.05, 0) is 25.1 Å². The lowest BCUT2D eigenvalue weighted by molar-refractivity contribution is 0.0697. The molecular weight excluding hydrogens is 266 g/mol. The summed E-state index contributed by atoms with van der Waals surface area (Å²) in [6.45, 7) is 2.56. The van der Waals surface area contributed by atoms with E-state index in [2.05, 4.69) is 10.4 Å². The third-order valence-corrected chi connectivity index (χ3v) is 3.35. The summed E-state index contributed by atoms with van der Waals surface area (Å²) in [6.07, 6.45) is 1.79. The molecule has 1 aromatic heterocycles. The van der Waals surface area contributed by atoms with Gasteiger partial charge in [0.05, 0.1) is 16.8 Å². The number of anilines is 1. The monoisotopic (exact) mass is 279 g/mol. The second kappa shape index (κ2) is 5.32. The number of hydrogen-bond donors (Lipinski definition) is 2. The molecule has 0 aliphatic heterocycles. The fourth-order valence-electron chi connectivity index (χ4n) is 1.71. The van der Waals surface area contributed by atoms with Crippen LogP contribution in [0.2, 0.25) is 5.02 Å². The van der Waals surface area contributed by atoms with Crippen LogP contribution in [0.15, 0.2) is 24.4 Å². The molecule has 0 fully saturated rings. The van der Waals surface area contributed by atoms with Gasteiger partial charge < -0.3 is 10.4 Å². The van der Waals surface area contributed by atoms with E-state index in [-0.39, 0.29) is 10.6 Å².